The zero-order valence-corrected chi connectivity index (χ0v) is 13.0. The molecule has 0 N–H and O–H groups in total. The predicted octanol–water partition coefficient (Wildman–Crippen LogP) is 2.04. The Kier molecular flexibility index (Phi) is 4.29. The lowest BCUT2D eigenvalue weighted by Gasteiger charge is -2.15. The van der Waals surface area contributed by atoms with Gasteiger partial charge in [0, 0.05) is 32.4 Å². The average molecular weight is 320 g/mol. The normalized spacial score (nSPS) is 12.2. The van der Waals surface area contributed by atoms with Crippen molar-refractivity contribution in [1.29, 1.82) is 0 Å². The van der Waals surface area contributed by atoms with E-state index < -0.39 is 10.0 Å². The smallest absolute Gasteiger partial charge is 0.252 e. The third kappa shape index (κ3) is 3.00. The van der Waals surface area contributed by atoms with E-state index in [1.165, 1.54) is 15.6 Å². The Morgan fingerprint density at radius 3 is 2.79 bits per heavy atom. The van der Waals surface area contributed by atoms with Crippen LogP contribution in [0.1, 0.15) is 11.4 Å². The number of sulfonamides is 1. The fourth-order valence-electron chi connectivity index (χ4n) is 1.55. The van der Waals surface area contributed by atoms with Crippen LogP contribution < -0.4 is 0 Å². The second-order valence-corrected chi connectivity index (χ2v) is 7.57. The summed E-state index contributed by atoms with van der Waals surface area (Å²) in [4.78, 5) is 4.12. The van der Waals surface area contributed by atoms with Gasteiger partial charge in [-0.1, -0.05) is 0 Å². The molecule has 19 heavy (non-hydrogen) atoms. The van der Waals surface area contributed by atoms with Gasteiger partial charge in [0.15, 0.2) is 0 Å². The Morgan fingerprint density at radius 2 is 2.26 bits per heavy atom. The van der Waals surface area contributed by atoms with Gasteiger partial charge < -0.3 is 4.57 Å². The molecule has 2 aromatic heterocycles. The monoisotopic (exact) mass is 319 g/mol. The zero-order valence-electron chi connectivity index (χ0n) is 10.6. The quantitative estimate of drug-likeness (QED) is 0.792. The van der Waals surface area contributed by atoms with E-state index in [9.17, 15) is 8.42 Å². The minimum absolute atomic E-state index is 0.236. The number of alkyl halides is 1. The molecule has 0 atom stereocenters. The summed E-state index contributed by atoms with van der Waals surface area (Å²) >= 11 is 6.88. The van der Waals surface area contributed by atoms with Crippen LogP contribution in [-0.4, -0.2) is 29.3 Å². The van der Waals surface area contributed by atoms with Crippen LogP contribution in [0.15, 0.2) is 28.0 Å². The van der Waals surface area contributed by atoms with E-state index in [1.54, 1.807) is 35.5 Å². The predicted molar refractivity (Wildman–Crippen MR) is 75.7 cm³/mol. The fourth-order valence-corrected chi connectivity index (χ4v) is 4.33. The molecule has 0 fully saturated rings. The molecule has 0 aliphatic rings. The second kappa shape index (κ2) is 5.62. The number of aryl methyl sites for hydroxylation is 1. The molecule has 0 unspecified atom stereocenters. The van der Waals surface area contributed by atoms with Crippen molar-refractivity contribution in [2.24, 2.45) is 7.05 Å². The molecule has 2 heterocycles. The highest BCUT2D eigenvalue weighted by Gasteiger charge is 2.23. The summed E-state index contributed by atoms with van der Waals surface area (Å²) < 4.78 is 28.1. The molecule has 0 radical (unpaired) electrons. The molecule has 104 valence electrons. The largest absolute Gasteiger partial charge is 0.337 e. The first kappa shape index (κ1) is 14.5. The number of hydrogen-bond acceptors (Lipinski definition) is 4. The number of rotatable bonds is 5. The van der Waals surface area contributed by atoms with Crippen LogP contribution in [0.5, 0.6) is 0 Å². The highest BCUT2D eigenvalue weighted by molar-refractivity contribution is 7.91. The van der Waals surface area contributed by atoms with Crippen LogP contribution in [0.25, 0.3) is 0 Å². The minimum atomic E-state index is -3.48. The molecule has 0 aliphatic heterocycles. The molecule has 0 spiro atoms. The van der Waals surface area contributed by atoms with Crippen LogP contribution in [0, 0.1) is 0 Å². The summed E-state index contributed by atoms with van der Waals surface area (Å²) in [5.74, 6) is 1.01. The summed E-state index contributed by atoms with van der Waals surface area (Å²) in [5, 5.41) is 1.76. The second-order valence-electron chi connectivity index (χ2n) is 4.12. The van der Waals surface area contributed by atoms with Crippen molar-refractivity contribution >= 4 is 33.0 Å². The van der Waals surface area contributed by atoms with Crippen molar-refractivity contribution in [3.8, 4) is 0 Å². The van der Waals surface area contributed by atoms with Crippen LogP contribution >= 0.6 is 22.9 Å². The van der Waals surface area contributed by atoms with Crippen molar-refractivity contribution in [3.05, 3.63) is 35.2 Å². The Morgan fingerprint density at radius 1 is 1.53 bits per heavy atom. The SMILES string of the molecule is CN(Cc1nccn1C)S(=O)(=O)c1cc(CCl)cs1. The molecule has 0 aliphatic carbocycles. The van der Waals surface area contributed by atoms with Crippen molar-refractivity contribution in [3.63, 3.8) is 0 Å². The van der Waals surface area contributed by atoms with Gasteiger partial charge in [0.05, 0.1) is 6.54 Å². The van der Waals surface area contributed by atoms with Crippen LogP contribution in [0.3, 0.4) is 0 Å². The standard InChI is InChI=1S/C11H14ClN3O2S2/c1-14-4-3-13-10(14)7-15(2)19(16,17)11-5-9(6-12)8-18-11/h3-5,8H,6-7H2,1-2H3. The maximum Gasteiger partial charge on any atom is 0.252 e. The van der Waals surface area contributed by atoms with E-state index >= 15 is 0 Å². The van der Waals surface area contributed by atoms with E-state index in [-0.39, 0.29) is 6.54 Å². The number of halogens is 1. The van der Waals surface area contributed by atoms with Crippen molar-refractivity contribution in [1.82, 2.24) is 13.9 Å². The molecule has 0 bridgehead atoms. The Hall–Kier alpha value is -0.890. The van der Waals surface area contributed by atoms with Gasteiger partial charge in [-0.05, 0) is 17.0 Å². The molecule has 5 nitrogen and oxygen atoms in total. The molecule has 2 rings (SSSR count). The van der Waals surface area contributed by atoms with E-state index in [0.29, 0.717) is 15.9 Å². The molecule has 0 saturated carbocycles. The van der Waals surface area contributed by atoms with Gasteiger partial charge in [0.2, 0.25) is 0 Å². The van der Waals surface area contributed by atoms with Crippen LogP contribution in [0.4, 0.5) is 0 Å². The number of hydrogen-bond donors (Lipinski definition) is 0. The summed E-state index contributed by atoms with van der Waals surface area (Å²) in [6.45, 7) is 0.236. The lowest BCUT2D eigenvalue weighted by atomic mass is 10.4. The van der Waals surface area contributed by atoms with Gasteiger partial charge in [0.25, 0.3) is 10.0 Å². The van der Waals surface area contributed by atoms with Crippen molar-refractivity contribution in [2.45, 2.75) is 16.6 Å². The number of imidazole rings is 1. The van der Waals surface area contributed by atoms with E-state index in [1.807, 2.05) is 7.05 Å². The molecule has 0 saturated heterocycles. The number of thiophene rings is 1. The van der Waals surface area contributed by atoms with Crippen molar-refractivity contribution in [2.75, 3.05) is 7.05 Å². The first-order valence-corrected chi connectivity index (χ1v) is 8.36. The van der Waals surface area contributed by atoms with E-state index in [2.05, 4.69) is 4.98 Å². The Bertz CT molecular complexity index is 663. The maximum atomic E-state index is 12.4. The highest BCUT2D eigenvalue weighted by atomic mass is 35.5. The summed E-state index contributed by atoms with van der Waals surface area (Å²) in [5.41, 5.74) is 0.815. The number of aromatic nitrogens is 2. The topological polar surface area (TPSA) is 55.2 Å². The Balaban J connectivity index is 2.22. The van der Waals surface area contributed by atoms with Crippen LogP contribution in [-0.2, 0) is 29.5 Å². The summed E-state index contributed by atoms with van der Waals surface area (Å²) in [7, 11) is -0.103. The van der Waals surface area contributed by atoms with Crippen molar-refractivity contribution < 1.29 is 8.42 Å². The zero-order chi connectivity index (χ0) is 14.0. The van der Waals surface area contributed by atoms with Gasteiger partial charge in [-0.2, -0.15) is 4.31 Å². The van der Waals surface area contributed by atoms with Gasteiger partial charge in [0.1, 0.15) is 10.0 Å². The number of nitrogens with zero attached hydrogens (tertiary/aromatic N) is 3. The maximum absolute atomic E-state index is 12.4. The molecule has 2 aromatic rings. The van der Waals surface area contributed by atoms with Crippen LogP contribution in [0.2, 0.25) is 0 Å². The van der Waals surface area contributed by atoms with Gasteiger partial charge in [-0.15, -0.1) is 22.9 Å². The fraction of sp³-hybridized carbons (Fsp3) is 0.364. The van der Waals surface area contributed by atoms with Gasteiger partial charge in [-0.3, -0.25) is 0 Å². The lowest BCUT2D eigenvalue weighted by molar-refractivity contribution is 0.453. The van der Waals surface area contributed by atoms with Gasteiger partial charge >= 0.3 is 0 Å². The highest BCUT2D eigenvalue weighted by Crippen LogP contribution is 2.24. The summed E-state index contributed by atoms with van der Waals surface area (Å²) in [6.07, 6.45) is 3.43. The third-order valence-electron chi connectivity index (χ3n) is 2.73. The van der Waals surface area contributed by atoms with E-state index in [4.69, 9.17) is 11.6 Å². The summed E-state index contributed by atoms with van der Waals surface area (Å²) in [6, 6.07) is 1.61. The molecule has 0 amide bonds. The third-order valence-corrected chi connectivity index (χ3v) is 6.31. The lowest BCUT2D eigenvalue weighted by Crippen LogP contribution is -2.27. The minimum Gasteiger partial charge on any atom is -0.337 e. The molecule has 8 heteroatoms. The van der Waals surface area contributed by atoms with Gasteiger partial charge in [-0.25, -0.2) is 13.4 Å². The van der Waals surface area contributed by atoms with E-state index in [0.717, 1.165) is 5.56 Å². The molecular weight excluding hydrogens is 306 g/mol. The molecule has 0 aromatic carbocycles. The first-order valence-electron chi connectivity index (χ1n) is 5.51. The molecular formula is C11H14ClN3O2S2. The first-order chi connectivity index (χ1) is 8.95. The average Bonchev–Trinajstić information content (AvgIpc) is 2.99. The Labute approximate surface area is 121 Å².